The molecule has 0 aliphatic carbocycles. The van der Waals surface area contributed by atoms with Crippen molar-refractivity contribution in [2.45, 2.75) is 33.7 Å². The molecule has 0 unspecified atom stereocenters. The number of guanidine groups is 1. The summed E-state index contributed by atoms with van der Waals surface area (Å²) in [4.78, 5) is 4.53. The lowest BCUT2D eigenvalue weighted by atomic mass is 10.1. The van der Waals surface area contributed by atoms with E-state index in [0.717, 1.165) is 30.6 Å². The van der Waals surface area contributed by atoms with Gasteiger partial charge < -0.3 is 15.2 Å². The number of aliphatic imine (C=N–C) groups is 1. The van der Waals surface area contributed by atoms with Crippen molar-refractivity contribution in [1.29, 1.82) is 0 Å². The smallest absolute Gasteiger partial charge is 0.191 e. The van der Waals surface area contributed by atoms with Gasteiger partial charge in [0, 0.05) is 20.1 Å². The highest BCUT2D eigenvalue weighted by Crippen LogP contribution is 1.99. The monoisotopic (exact) mass is 278 g/mol. The van der Waals surface area contributed by atoms with Gasteiger partial charge >= 0.3 is 0 Å². The number of nitrogens with zero attached hydrogens (tertiary/aromatic N) is 4. The van der Waals surface area contributed by atoms with Crippen molar-refractivity contribution >= 4 is 5.96 Å². The first-order chi connectivity index (χ1) is 9.54. The van der Waals surface area contributed by atoms with Crippen LogP contribution in [0.15, 0.2) is 17.6 Å². The maximum atomic E-state index is 4.53. The Balaban J connectivity index is 2.59. The summed E-state index contributed by atoms with van der Waals surface area (Å²) in [5.41, 5.74) is 0. The lowest BCUT2D eigenvalue weighted by molar-refractivity contribution is 0.574. The molecule has 0 saturated heterocycles. The van der Waals surface area contributed by atoms with Gasteiger partial charge in [-0.15, -0.1) is 16.8 Å². The Bertz CT molecular complexity index is 447. The fraction of sp³-hybridized carbons (Fsp3) is 0.643. The molecule has 1 rings (SSSR count). The predicted molar refractivity (Wildman–Crippen MR) is 82.5 cm³/mol. The quantitative estimate of drug-likeness (QED) is 0.449. The van der Waals surface area contributed by atoms with Gasteiger partial charge in [-0.2, -0.15) is 0 Å². The highest BCUT2D eigenvalue weighted by atomic mass is 15.3. The van der Waals surface area contributed by atoms with E-state index in [2.05, 4.69) is 46.2 Å². The second-order valence-electron chi connectivity index (χ2n) is 5.17. The second kappa shape index (κ2) is 8.35. The van der Waals surface area contributed by atoms with Crippen LogP contribution in [0.5, 0.6) is 0 Å². The van der Waals surface area contributed by atoms with E-state index in [1.165, 1.54) is 0 Å². The predicted octanol–water partition coefficient (Wildman–Crippen LogP) is 1.39. The number of aryl methyl sites for hydroxylation is 1. The van der Waals surface area contributed by atoms with Crippen molar-refractivity contribution in [2.75, 3.05) is 13.1 Å². The molecule has 112 valence electrons. The van der Waals surface area contributed by atoms with Gasteiger partial charge in [-0.05, 0) is 19.3 Å². The fourth-order valence-corrected chi connectivity index (χ4v) is 1.56. The molecule has 1 heterocycles. The van der Waals surface area contributed by atoms with Gasteiger partial charge in [0.25, 0.3) is 0 Å². The molecule has 0 amide bonds. The second-order valence-corrected chi connectivity index (χ2v) is 5.17. The molecule has 0 bridgehead atoms. The summed E-state index contributed by atoms with van der Waals surface area (Å²) in [6.07, 6.45) is 2.92. The minimum absolute atomic E-state index is 0.505. The van der Waals surface area contributed by atoms with Gasteiger partial charge in [-0.3, -0.25) is 0 Å². The van der Waals surface area contributed by atoms with Gasteiger partial charge in [0.1, 0.15) is 12.4 Å². The van der Waals surface area contributed by atoms with E-state index >= 15 is 0 Å². The van der Waals surface area contributed by atoms with Crippen LogP contribution in [0.25, 0.3) is 0 Å². The third-order valence-corrected chi connectivity index (χ3v) is 2.99. The maximum absolute atomic E-state index is 4.53. The Morgan fingerprint density at radius 1 is 1.40 bits per heavy atom. The topological polar surface area (TPSA) is 67.1 Å². The fourth-order valence-electron chi connectivity index (χ4n) is 1.56. The maximum Gasteiger partial charge on any atom is 0.191 e. The summed E-state index contributed by atoms with van der Waals surface area (Å²) in [6.45, 7) is 12.1. The number of nitrogens with one attached hydrogen (secondary N) is 2. The first kappa shape index (κ1) is 16.2. The largest absolute Gasteiger partial charge is 0.356 e. The molecule has 0 aliphatic rings. The summed E-state index contributed by atoms with van der Waals surface area (Å²) < 4.78 is 1.95. The zero-order chi connectivity index (χ0) is 15.0. The molecule has 0 aliphatic heterocycles. The molecular formula is C14H26N6. The standard InChI is InChI=1S/C14H26N6/c1-6-8-15-14(16-9-7-11(2)3)17-10-13-19-18-12(4)20(13)5/h6,11H,1,7-10H2,2-5H3,(H2,15,16,17). The van der Waals surface area contributed by atoms with Crippen LogP contribution in [0.1, 0.15) is 31.9 Å². The third-order valence-electron chi connectivity index (χ3n) is 2.99. The Labute approximate surface area is 121 Å². The van der Waals surface area contributed by atoms with E-state index in [-0.39, 0.29) is 0 Å². The van der Waals surface area contributed by atoms with E-state index in [1.807, 2.05) is 24.6 Å². The lowest BCUT2D eigenvalue weighted by Gasteiger charge is -2.12. The molecule has 2 N–H and O–H groups in total. The van der Waals surface area contributed by atoms with Crippen LogP contribution >= 0.6 is 0 Å². The summed E-state index contributed by atoms with van der Waals surface area (Å²) in [7, 11) is 1.95. The van der Waals surface area contributed by atoms with Crippen molar-refractivity contribution in [3.63, 3.8) is 0 Å². The van der Waals surface area contributed by atoms with E-state index in [1.54, 1.807) is 0 Å². The van der Waals surface area contributed by atoms with E-state index in [0.29, 0.717) is 19.0 Å². The van der Waals surface area contributed by atoms with Crippen LogP contribution < -0.4 is 10.6 Å². The zero-order valence-corrected chi connectivity index (χ0v) is 13.0. The Hall–Kier alpha value is -1.85. The van der Waals surface area contributed by atoms with Crippen LogP contribution in [-0.4, -0.2) is 33.8 Å². The Morgan fingerprint density at radius 2 is 2.15 bits per heavy atom. The van der Waals surface area contributed by atoms with E-state index in [4.69, 9.17) is 0 Å². The lowest BCUT2D eigenvalue weighted by Crippen LogP contribution is -2.38. The van der Waals surface area contributed by atoms with Crippen molar-refractivity contribution in [2.24, 2.45) is 18.0 Å². The first-order valence-electron chi connectivity index (χ1n) is 7.02. The molecule has 1 aromatic rings. The number of aromatic nitrogens is 3. The summed E-state index contributed by atoms with van der Waals surface area (Å²) in [5, 5.41) is 14.7. The minimum atomic E-state index is 0.505. The zero-order valence-electron chi connectivity index (χ0n) is 13.0. The molecular weight excluding hydrogens is 252 g/mol. The third kappa shape index (κ3) is 5.42. The summed E-state index contributed by atoms with van der Waals surface area (Å²) in [6, 6.07) is 0. The highest BCUT2D eigenvalue weighted by molar-refractivity contribution is 5.79. The minimum Gasteiger partial charge on any atom is -0.356 e. The summed E-state index contributed by atoms with van der Waals surface area (Å²) >= 11 is 0. The van der Waals surface area contributed by atoms with Gasteiger partial charge in [0.15, 0.2) is 11.8 Å². The van der Waals surface area contributed by atoms with Crippen LogP contribution in [0.4, 0.5) is 0 Å². The first-order valence-corrected chi connectivity index (χ1v) is 7.02. The number of rotatable bonds is 7. The average molecular weight is 278 g/mol. The van der Waals surface area contributed by atoms with E-state index in [9.17, 15) is 0 Å². The SMILES string of the molecule is C=CCNC(=NCc1nnc(C)n1C)NCCC(C)C. The molecule has 6 nitrogen and oxygen atoms in total. The molecule has 20 heavy (non-hydrogen) atoms. The van der Waals surface area contributed by atoms with Gasteiger partial charge in [0.05, 0.1) is 0 Å². The van der Waals surface area contributed by atoms with Crippen molar-refractivity contribution in [1.82, 2.24) is 25.4 Å². The molecule has 0 aromatic carbocycles. The van der Waals surface area contributed by atoms with Crippen LogP contribution in [-0.2, 0) is 13.6 Å². The van der Waals surface area contributed by atoms with Crippen LogP contribution in [0.2, 0.25) is 0 Å². The highest BCUT2D eigenvalue weighted by Gasteiger charge is 2.04. The number of hydrogen-bond donors (Lipinski definition) is 2. The molecule has 0 fully saturated rings. The summed E-state index contributed by atoms with van der Waals surface area (Å²) in [5.74, 6) is 3.20. The van der Waals surface area contributed by atoms with E-state index < -0.39 is 0 Å². The Kier molecular flexibility index (Phi) is 6.76. The molecule has 0 saturated carbocycles. The Morgan fingerprint density at radius 3 is 2.70 bits per heavy atom. The molecule has 6 heteroatoms. The number of hydrogen-bond acceptors (Lipinski definition) is 3. The van der Waals surface area contributed by atoms with Crippen LogP contribution in [0, 0.1) is 12.8 Å². The van der Waals surface area contributed by atoms with Crippen molar-refractivity contribution in [3.05, 3.63) is 24.3 Å². The van der Waals surface area contributed by atoms with Crippen molar-refractivity contribution in [3.8, 4) is 0 Å². The molecule has 0 radical (unpaired) electrons. The average Bonchev–Trinajstić information content (AvgIpc) is 2.72. The van der Waals surface area contributed by atoms with Crippen LogP contribution in [0.3, 0.4) is 0 Å². The van der Waals surface area contributed by atoms with Gasteiger partial charge in [0.2, 0.25) is 0 Å². The molecule has 0 atom stereocenters. The molecule has 1 aromatic heterocycles. The van der Waals surface area contributed by atoms with Gasteiger partial charge in [-0.25, -0.2) is 4.99 Å². The normalized spacial score (nSPS) is 11.8. The van der Waals surface area contributed by atoms with Gasteiger partial charge in [-0.1, -0.05) is 19.9 Å². The molecule has 0 spiro atoms. The van der Waals surface area contributed by atoms with Crippen molar-refractivity contribution < 1.29 is 0 Å².